The number of hydrogen-bond acceptors (Lipinski definition) is 12. The first-order chi connectivity index (χ1) is 23.1. The van der Waals surface area contributed by atoms with Crippen LogP contribution < -0.4 is 10.6 Å². The van der Waals surface area contributed by atoms with Crippen LogP contribution in [0.4, 0.5) is 11.4 Å². The number of carbonyl (C=O) groups excluding carboxylic acids is 4. The second-order valence-corrected chi connectivity index (χ2v) is 19.3. The van der Waals surface area contributed by atoms with E-state index < -0.39 is 42.6 Å². The van der Waals surface area contributed by atoms with Gasteiger partial charge in [0, 0.05) is 52.5 Å². The highest BCUT2D eigenvalue weighted by Gasteiger charge is 2.87. The molecule has 12 nitrogen and oxygen atoms in total. The average molecular weight is 725 g/mol. The maximum Gasteiger partial charge on any atom is 0.265 e. The maximum absolute atomic E-state index is 15.0. The summed E-state index contributed by atoms with van der Waals surface area (Å²) in [6.07, 6.45) is -0.716. The largest absolute Gasteiger partial charge is 0.381 e. The minimum atomic E-state index is -1.23. The molecule has 4 amide bonds. The molecule has 10 aliphatic rings. The van der Waals surface area contributed by atoms with E-state index in [4.69, 9.17) is 9.47 Å². The zero-order chi connectivity index (χ0) is 33.2. The molecule has 8 atom stereocenters. The lowest BCUT2D eigenvalue weighted by atomic mass is 9.54. The quantitative estimate of drug-likeness (QED) is 0.441. The van der Waals surface area contributed by atoms with Gasteiger partial charge in [-0.25, -0.2) is 0 Å². The van der Waals surface area contributed by atoms with Crippen LogP contribution in [0.3, 0.4) is 0 Å². The molecular weight excluding hydrogens is 693 g/mol. The molecule has 2 N–H and O–H groups in total. The third-order valence-corrected chi connectivity index (χ3v) is 19.5. The number of ether oxygens (including phenoxy) is 2. The number of likely N-dealkylation sites (N-methyl/N-ethyl adjacent to an activating group) is 2. The summed E-state index contributed by atoms with van der Waals surface area (Å²) in [5.74, 6) is -0.650. The lowest BCUT2D eigenvalue weighted by Crippen LogP contribution is -2.77. The van der Waals surface area contributed by atoms with Gasteiger partial charge in [-0.1, -0.05) is 58.0 Å². The Bertz CT molecular complexity index is 1770. The van der Waals surface area contributed by atoms with E-state index in [2.05, 4.69) is 22.8 Å². The molecule has 10 heterocycles. The van der Waals surface area contributed by atoms with Crippen LogP contribution in [0.2, 0.25) is 0 Å². The number of nitrogens with one attached hydrogen (secondary N) is 2. The van der Waals surface area contributed by atoms with Gasteiger partial charge in [-0.15, -0.1) is 0 Å². The van der Waals surface area contributed by atoms with Crippen LogP contribution in [0, 0.1) is 0 Å². The summed E-state index contributed by atoms with van der Waals surface area (Å²) in [7, 11) is 12.2. The zero-order valence-corrected chi connectivity index (χ0v) is 29.7. The van der Waals surface area contributed by atoms with Crippen molar-refractivity contribution in [3.8, 4) is 0 Å². The fraction of sp³-hybridized carbons (Fsp3) is 0.500. The number of carbonyl (C=O) groups is 4. The minimum Gasteiger partial charge on any atom is -0.381 e. The molecule has 10 aliphatic heterocycles. The van der Waals surface area contributed by atoms with Crippen LogP contribution in [0.1, 0.15) is 24.0 Å². The van der Waals surface area contributed by atoms with Gasteiger partial charge < -0.3 is 29.9 Å². The van der Waals surface area contributed by atoms with Crippen molar-refractivity contribution in [3.05, 3.63) is 59.7 Å². The van der Waals surface area contributed by atoms with E-state index in [1.54, 1.807) is 47.9 Å². The fourth-order valence-corrected chi connectivity index (χ4v) is 17.7. The molecular formula is C32H32N6O6S4. The number of benzene rings is 2. The fourth-order valence-electron chi connectivity index (χ4n) is 10.3. The molecule has 8 saturated heterocycles. The number of anilines is 2. The molecule has 0 aromatic heterocycles. The molecule has 16 heteroatoms. The van der Waals surface area contributed by atoms with E-state index in [0.29, 0.717) is 12.8 Å². The van der Waals surface area contributed by atoms with E-state index in [1.807, 2.05) is 36.4 Å². The van der Waals surface area contributed by atoms with E-state index in [0.717, 1.165) is 22.5 Å². The van der Waals surface area contributed by atoms with Crippen molar-refractivity contribution in [1.82, 2.24) is 19.6 Å². The van der Waals surface area contributed by atoms with Crippen LogP contribution in [0.5, 0.6) is 0 Å². The summed E-state index contributed by atoms with van der Waals surface area (Å²) >= 11 is 0. The van der Waals surface area contributed by atoms with Gasteiger partial charge in [-0.3, -0.25) is 29.0 Å². The first-order valence-electron chi connectivity index (χ1n) is 15.7. The highest BCUT2D eigenvalue weighted by atomic mass is 33.1. The van der Waals surface area contributed by atoms with Gasteiger partial charge in [0.15, 0.2) is 9.74 Å². The van der Waals surface area contributed by atoms with E-state index in [9.17, 15) is 19.2 Å². The van der Waals surface area contributed by atoms with E-state index in [1.165, 1.54) is 43.2 Å². The number of methoxy groups -OCH3 is 2. The Kier molecular flexibility index (Phi) is 5.72. The lowest BCUT2D eigenvalue weighted by Gasteiger charge is -2.58. The van der Waals surface area contributed by atoms with Crippen LogP contribution >= 0.6 is 43.2 Å². The number of nitrogens with zero attached hydrogens (tertiary/aromatic N) is 4. The average Bonchev–Trinajstić information content (AvgIpc) is 3.77. The molecule has 2 aromatic carbocycles. The Morgan fingerprint density at radius 2 is 1.04 bits per heavy atom. The number of amides is 4. The van der Waals surface area contributed by atoms with Gasteiger partial charge in [0.2, 0.25) is 9.74 Å². The van der Waals surface area contributed by atoms with Gasteiger partial charge in [0.1, 0.15) is 12.3 Å². The first kappa shape index (κ1) is 30.1. The van der Waals surface area contributed by atoms with Crippen molar-refractivity contribution in [2.24, 2.45) is 0 Å². The monoisotopic (exact) mass is 724 g/mol. The Labute approximate surface area is 292 Å². The molecule has 0 radical (unpaired) electrons. The zero-order valence-electron chi connectivity index (χ0n) is 26.5. The highest BCUT2D eigenvalue weighted by molar-refractivity contribution is 8.78. The van der Waals surface area contributed by atoms with Crippen molar-refractivity contribution in [2.45, 2.75) is 55.5 Å². The Morgan fingerprint density at radius 1 is 0.646 bits per heavy atom. The maximum atomic E-state index is 15.0. The molecule has 2 aromatic rings. The molecule has 250 valence electrons. The molecule has 12 rings (SSSR count). The molecule has 8 fully saturated rings. The normalized spacial score (nSPS) is 42.4. The van der Waals surface area contributed by atoms with Gasteiger partial charge in [0.05, 0.1) is 24.0 Å². The first-order valence-corrected chi connectivity index (χ1v) is 20.0. The third kappa shape index (κ3) is 2.79. The van der Waals surface area contributed by atoms with E-state index in [-0.39, 0.29) is 36.8 Å². The van der Waals surface area contributed by atoms with Gasteiger partial charge in [0.25, 0.3) is 23.6 Å². The minimum absolute atomic E-state index is 0.0464. The third-order valence-electron chi connectivity index (χ3n) is 12.2. The van der Waals surface area contributed by atoms with Gasteiger partial charge >= 0.3 is 0 Å². The van der Waals surface area contributed by atoms with Crippen LogP contribution in [-0.2, 0) is 39.5 Å². The topological polar surface area (TPSA) is 124 Å². The molecule has 0 aliphatic carbocycles. The summed E-state index contributed by atoms with van der Waals surface area (Å²) < 4.78 is 11.2. The molecule has 4 bridgehead atoms. The molecule has 1 unspecified atom stereocenters. The summed E-state index contributed by atoms with van der Waals surface area (Å²) in [6.45, 7) is 0.0929. The molecule has 48 heavy (non-hydrogen) atoms. The van der Waals surface area contributed by atoms with Crippen molar-refractivity contribution in [2.75, 3.05) is 52.2 Å². The summed E-state index contributed by atoms with van der Waals surface area (Å²) in [5, 5.41) is 7.50. The predicted molar refractivity (Wildman–Crippen MR) is 185 cm³/mol. The van der Waals surface area contributed by atoms with Crippen molar-refractivity contribution < 1.29 is 28.7 Å². The van der Waals surface area contributed by atoms with Crippen LogP contribution in [0.15, 0.2) is 48.5 Å². The Hall–Kier alpha value is -2.76. The van der Waals surface area contributed by atoms with Gasteiger partial charge in [-0.05, 0) is 44.8 Å². The second kappa shape index (κ2) is 9.12. The van der Waals surface area contributed by atoms with Crippen molar-refractivity contribution >= 4 is 78.2 Å². The Morgan fingerprint density at radius 3 is 1.44 bits per heavy atom. The lowest BCUT2D eigenvalue weighted by molar-refractivity contribution is -0.167. The standard InChI is InChI=1S/C32H32N6O6S4/c1-35-23(39)29-13-27(17-9-5-7-11-19(17)33-21(27)37(29)25(41)31(35,15-43-3)47-45-29)28-14-30-24(40)36(2)32(16-44-4,48-46-30)26(42)38(30)22(28)34-20-12-8-6-10-18(20)28/h5-12,21-22,33-34H,13-16H2,1-4H3/t21-,22-,27+,28?,29+,30+,31+,32+/m1/s1. The number of fused-ring (bicyclic) bond motifs is 11. The van der Waals surface area contributed by atoms with Crippen molar-refractivity contribution in [1.29, 1.82) is 0 Å². The van der Waals surface area contributed by atoms with Gasteiger partial charge in [-0.2, -0.15) is 0 Å². The summed E-state index contributed by atoms with van der Waals surface area (Å²) in [4.78, 5) is 61.3. The molecule has 0 saturated carbocycles. The predicted octanol–water partition coefficient (Wildman–Crippen LogP) is 2.64. The number of rotatable bonds is 5. The smallest absolute Gasteiger partial charge is 0.265 e. The van der Waals surface area contributed by atoms with Crippen LogP contribution in [-0.4, -0.2) is 117 Å². The summed E-state index contributed by atoms with van der Waals surface area (Å²) in [6, 6.07) is 16.1. The number of para-hydroxylation sites is 2. The van der Waals surface area contributed by atoms with Crippen LogP contribution in [0.25, 0.3) is 0 Å². The van der Waals surface area contributed by atoms with Crippen molar-refractivity contribution in [3.63, 3.8) is 0 Å². The second-order valence-electron chi connectivity index (χ2n) is 13.9. The highest BCUT2D eigenvalue weighted by Crippen LogP contribution is 2.78. The number of hydrogen-bond donors (Lipinski definition) is 2. The Balaban J connectivity index is 1.27. The number of piperazine rings is 2. The summed E-state index contributed by atoms with van der Waals surface area (Å²) in [5.41, 5.74) is 1.83. The van der Waals surface area contributed by atoms with E-state index >= 15 is 0 Å². The SMILES string of the molecule is COC[C@]12SS[C@@]3(CC4([C@]56C[C@@]78SS[C@@](COC)(C(=O)N7[C@H]5Nc5ccccc56)N(C)C8=O)c5ccccc5N[C@@H]4N3C1=O)C(=O)N2C. The molecule has 2 spiro atoms.